The number of aromatic nitrogens is 1. The van der Waals surface area contributed by atoms with E-state index in [1.165, 1.54) is 6.07 Å². The second kappa shape index (κ2) is 7.17. The molecule has 11 heteroatoms. The van der Waals surface area contributed by atoms with Crippen LogP contribution in [-0.2, 0) is 20.9 Å². The summed E-state index contributed by atoms with van der Waals surface area (Å²) in [6.45, 7) is 1.37. The Morgan fingerprint density at radius 2 is 1.85 bits per heavy atom. The van der Waals surface area contributed by atoms with Crippen LogP contribution in [0, 0.1) is 30.2 Å². The lowest BCUT2D eigenvalue weighted by atomic mass is 10.1. The van der Waals surface area contributed by atoms with Crippen LogP contribution in [0.4, 0.5) is 23.2 Å². The number of hydrazone groups is 1. The summed E-state index contributed by atoms with van der Waals surface area (Å²) in [4.78, 5) is 24.0. The van der Waals surface area contributed by atoms with Gasteiger partial charge in [-0.25, -0.2) is 22.4 Å². The van der Waals surface area contributed by atoms with E-state index in [0.29, 0.717) is 11.5 Å². The Morgan fingerprint density at radius 1 is 1.19 bits per heavy atom. The molecule has 0 spiro atoms. The maximum atomic E-state index is 13.9. The van der Waals surface area contributed by atoms with E-state index in [1.54, 1.807) is 6.92 Å². The Morgan fingerprint density at radius 3 is 2.44 bits per heavy atom. The summed E-state index contributed by atoms with van der Waals surface area (Å²) in [6.07, 6.45) is -0.541. The van der Waals surface area contributed by atoms with E-state index in [2.05, 4.69) is 10.3 Å². The predicted octanol–water partition coefficient (Wildman–Crippen LogP) is 2.77. The van der Waals surface area contributed by atoms with E-state index >= 15 is 0 Å². The number of aryl methyl sites for hydroxylation is 1. The summed E-state index contributed by atoms with van der Waals surface area (Å²) < 4.78 is 64.4. The van der Waals surface area contributed by atoms with Crippen molar-refractivity contribution in [3.63, 3.8) is 0 Å². The molecule has 1 aromatic carbocycles. The van der Waals surface area contributed by atoms with Gasteiger partial charge >= 0.3 is 5.97 Å². The highest BCUT2D eigenvalue weighted by molar-refractivity contribution is 6.37. The van der Waals surface area contributed by atoms with Crippen molar-refractivity contribution in [2.24, 2.45) is 5.10 Å². The Labute approximate surface area is 149 Å². The summed E-state index contributed by atoms with van der Waals surface area (Å²) >= 11 is 0. The first kappa shape index (κ1) is 18.5. The van der Waals surface area contributed by atoms with Crippen LogP contribution >= 0.6 is 0 Å². The average molecular weight is 385 g/mol. The quantitative estimate of drug-likeness (QED) is 0.459. The minimum absolute atomic E-state index is 0.00137. The molecule has 1 aliphatic rings. The molecule has 0 unspecified atom stereocenters. The monoisotopic (exact) mass is 385 g/mol. The first-order chi connectivity index (χ1) is 12.8. The molecular weight excluding hydrogens is 374 g/mol. The third-order valence-corrected chi connectivity index (χ3v) is 3.60. The van der Waals surface area contributed by atoms with E-state index in [-0.39, 0.29) is 36.2 Å². The summed E-state index contributed by atoms with van der Waals surface area (Å²) in [5.74, 6) is -8.46. The highest BCUT2D eigenvalue weighted by atomic mass is 19.2. The minimum atomic E-state index is -1.81. The highest BCUT2D eigenvalue weighted by Crippen LogP contribution is 2.30. The fourth-order valence-corrected chi connectivity index (χ4v) is 2.33. The van der Waals surface area contributed by atoms with E-state index in [0.717, 1.165) is 0 Å². The molecule has 1 amide bonds. The zero-order valence-electron chi connectivity index (χ0n) is 13.8. The number of carbonyl (C=O) groups is 2. The third-order valence-electron chi connectivity index (χ3n) is 3.60. The average Bonchev–Trinajstić information content (AvgIpc) is 3.05. The lowest BCUT2D eigenvalue weighted by molar-refractivity contribution is -0.137. The lowest BCUT2D eigenvalue weighted by Gasteiger charge is -2.23. The second-order valence-corrected chi connectivity index (χ2v) is 5.57. The van der Waals surface area contributed by atoms with Gasteiger partial charge in [0, 0.05) is 25.0 Å². The molecule has 0 N–H and O–H groups in total. The van der Waals surface area contributed by atoms with Crippen LogP contribution in [-0.4, -0.2) is 22.7 Å². The number of ether oxygens (including phenoxy) is 1. The molecule has 0 saturated carbocycles. The molecule has 1 aliphatic heterocycles. The molecule has 7 nitrogen and oxygen atoms in total. The van der Waals surface area contributed by atoms with Crippen LogP contribution in [0.3, 0.4) is 0 Å². The number of halogens is 4. The first-order valence-electron chi connectivity index (χ1n) is 7.60. The van der Waals surface area contributed by atoms with Crippen LogP contribution < -0.4 is 5.01 Å². The van der Waals surface area contributed by atoms with Gasteiger partial charge in [0.25, 0.3) is 0 Å². The number of hydrogen-bond donors (Lipinski definition) is 0. The number of nitrogens with zero attached hydrogens (tertiary/aromatic N) is 3. The molecule has 2 heterocycles. The number of benzene rings is 1. The van der Waals surface area contributed by atoms with Crippen molar-refractivity contribution in [2.45, 2.75) is 26.4 Å². The second-order valence-electron chi connectivity index (χ2n) is 5.57. The highest BCUT2D eigenvalue weighted by Gasteiger charge is 2.33. The van der Waals surface area contributed by atoms with Crippen molar-refractivity contribution < 1.29 is 36.4 Å². The number of esters is 1. The van der Waals surface area contributed by atoms with Gasteiger partial charge in [0.2, 0.25) is 5.91 Å². The van der Waals surface area contributed by atoms with Gasteiger partial charge in [-0.3, -0.25) is 4.79 Å². The largest absolute Gasteiger partial charge is 0.455 e. The normalized spacial score (nSPS) is 14.3. The van der Waals surface area contributed by atoms with Gasteiger partial charge in [0.15, 0.2) is 23.3 Å². The Balaban J connectivity index is 1.86. The maximum absolute atomic E-state index is 13.9. The molecule has 0 radical (unpaired) electrons. The van der Waals surface area contributed by atoms with Gasteiger partial charge in [-0.1, -0.05) is 5.16 Å². The van der Waals surface area contributed by atoms with E-state index < -0.39 is 40.8 Å². The van der Waals surface area contributed by atoms with Crippen molar-refractivity contribution in [2.75, 3.05) is 5.01 Å². The fourth-order valence-electron chi connectivity index (χ4n) is 2.33. The minimum Gasteiger partial charge on any atom is -0.455 e. The summed E-state index contributed by atoms with van der Waals surface area (Å²) in [7, 11) is 0. The maximum Gasteiger partial charge on any atom is 0.354 e. The third kappa shape index (κ3) is 3.66. The topological polar surface area (TPSA) is 85.0 Å². The number of carbonyl (C=O) groups excluding carboxylic acids is 2. The molecule has 3 rings (SSSR count). The molecular formula is C16H11F4N3O4. The summed E-state index contributed by atoms with van der Waals surface area (Å²) in [5.41, 5.74) is -1.37. The Hall–Kier alpha value is -3.24. The summed E-state index contributed by atoms with van der Waals surface area (Å²) in [5, 5.41) is 7.26. The smallest absolute Gasteiger partial charge is 0.354 e. The molecule has 0 fully saturated rings. The van der Waals surface area contributed by atoms with Gasteiger partial charge in [-0.15, -0.1) is 0 Å². The first-order valence-corrected chi connectivity index (χ1v) is 7.60. The zero-order valence-corrected chi connectivity index (χ0v) is 13.8. The van der Waals surface area contributed by atoms with Crippen LogP contribution in [0.15, 0.2) is 21.8 Å². The molecule has 0 aliphatic carbocycles. The molecule has 142 valence electrons. The van der Waals surface area contributed by atoms with E-state index in [9.17, 15) is 27.2 Å². The van der Waals surface area contributed by atoms with Gasteiger partial charge in [0.05, 0.1) is 0 Å². The van der Waals surface area contributed by atoms with Crippen LogP contribution in [0.2, 0.25) is 0 Å². The van der Waals surface area contributed by atoms with Crippen LogP contribution in [0.5, 0.6) is 0 Å². The molecule has 27 heavy (non-hydrogen) atoms. The SMILES string of the molecule is Cc1cc(COC(=O)C2=NN(c3c(F)c(F)cc(F)c3F)C(=O)CC2)no1. The summed E-state index contributed by atoms with van der Waals surface area (Å²) in [6, 6.07) is 1.52. The van der Waals surface area contributed by atoms with Crippen molar-refractivity contribution in [3.05, 3.63) is 46.9 Å². The molecule has 0 saturated heterocycles. The van der Waals surface area contributed by atoms with Crippen LogP contribution in [0.25, 0.3) is 0 Å². The molecule has 2 aromatic rings. The van der Waals surface area contributed by atoms with Crippen molar-refractivity contribution in [1.29, 1.82) is 0 Å². The molecule has 0 atom stereocenters. The number of rotatable bonds is 4. The van der Waals surface area contributed by atoms with Gasteiger partial charge in [-0.05, 0) is 6.92 Å². The van der Waals surface area contributed by atoms with Crippen molar-refractivity contribution in [1.82, 2.24) is 5.16 Å². The number of anilines is 1. The molecule has 0 bridgehead atoms. The van der Waals surface area contributed by atoms with Gasteiger partial charge in [0.1, 0.15) is 29.5 Å². The number of amides is 1. The van der Waals surface area contributed by atoms with E-state index in [1.807, 2.05) is 0 Å². The van der Waals surface area contributed by atoms with E-state index in [4.69, 9.17) is 9.26 Å². The Bertz CT molecular complexity index is 931. The lowest BCUT2D eigenvalue weighted by Crippen LogP contribution is -2.36. The molecule has 1 aromatic heterocycles. The Kier molecular flexibility index (Phi) is 4.93. The number of hydrogen-bond acceptors (Lipinski definition) is 6. The fraction of sp³-hybridized carbons (Fsp3) is 0.250. The zero-order chi connectivity index (χ0) is 19.7. The van der Waals surface area contributed by atoms with Gasteiger partial charge < -0.3 is 9.26 Å². The standard InChI is InChI=1S/C16H11F4N3O4/c1-7-4-8(22-27-7)6-26-16(25)11-2-3-12(24)23(21-11)15-13(19)9(17)5-10(18)14(15)20/h4-5H,2-3,6H2,1H3. The predicted molar refractivity (Wildman–Crippen MR) is 81.5 cm³/mol. The van der Waals surface area contributed by atoms with Gasteiger partial charge in [-0.2, -0.15) is 10.1 Å². The van der Waals surface area contributed by atoms with Crippen molar-refractivity contribution >= 4 is 23.3 Å². The van der Waals surface area contributed by atoms with Crippen LogP contribution in [0.1, 0.15) is 24.3 Å². The van der Waals surface area contributed by atoms with Crippen molar-refractivity contribution in [3.8, 4) is 0 Å².